The molecule has 0 spiro atoms. The molecule has 26 heavy (non-hydrogen) atoms. The van der Waals surface area contributed by atoms with E-state index in [0.717, 1.165) is 19.3 Å². The minimum absolute atomic E-state index is 0.0361. The van der Waals surface area contributed by atoms with Crippen molar-refractivity contribution in [1.29, 1.82) is 0 Å². The van der Waals surface area contributed by atoms with Crippen LogP contribution in [-0.4, -0.2) is 44.4 Å². The lowest BCUT2D eigenvalue weighted by Gasteiger charge is -2.44. The largest absolute Gasteiger partial charge is 0.444 e. The van der Waals surface area contributed by atoms with Crippen LogP contribution in [0.1, 0.15) is 74.7 Å². The summed E-state index contributed by atoms with van der Waals surface area (Å²) in [5.41, 5.74) is -0.502. The van der Waals surface area contributed by atoms with Crippen LogP contribution in [0.5, 0.6) is 0 Å². The highest BCUT2D eigenvalue weighted by Crippen LogP contribution is 2.39. The Labute approximate surface area is 161 Å². The fraction of sp³-hybridized carbons (Fsp3) is 0.950. The van der Waals surface area contributed by atoms with Gasteiger partial charge in [0.15, 0.2) is 8.32 Å². The maximum absolute atomic E-state index is 12.3. The van der Waals surface area contributed by atoms with Crippen molar-refractivity contribution in [3.63, 3.8) is 0 Å². The van der Waals surface area contributed by atoms with Crippen LogP contribution >= 0.6 is 0 Å². The summed E-state index contributed by atoms with van der Waals surface area (Å²) in [7, 11) is -1.95. The van der Waals surface area contributed by atoms with Crippen molar-refractivity contribution in [1.82, 2.24) is 5.32 Å². The number of nitrogens with one attached hydrogen (secondary N) is 1. The van der Waals surface area contributed by atoms with Crippen molar-refractivity contribution in [3.05, 3.63) is 0 Å². The van der Waals surface area contributed by atoms with Crippen LogP contribution in [0.3, 0.4) is 0 Å². The van der Waals surface area contributed by atoms with Gasteiger partial charge in [0.05, 0.1) is 24.4 Å². The fourth-order valence-electron chi connectivity index (χ4n) is 2.91. The lowest BCUT2D eigenvalue weighted by atomic mass is 9.90. The summed E-state index contributed by atoms with van der Waals surface area (Å²) >= 11 is 0. The van der Waals surface area contributed by atoms with Crippen LogP contribution < -0.4 is 5.32 Å². The Balaban J connectivity index is 2.87. The first-order chi connectivity index (χ1) is 11.6. The summed E-state index contributed by atoms with van der Waals surface area (Å²) in [6.07, 6.45) is 2.55. The van der Waals surface area contributed by atoms with E-state index in [1.54, 1.807) is 0 Å². The Bertz CT molecular complexity index is 465. The van der Waals surface area contributed by atoms with Gasteiger partial charge in [-0.3, -0.25) is 0 Å². The second kappa shape index (κ2) is 8.61. The third-order valence-corrected chi connectivity index (χ3v) is 9.67. The fourth-order valence-corrected chi connectivity index (χ4v) is 4.28. The van der Waals surface area contributed by atoms with Gasteiger partial charge in [-0.15, -0.1) is 0 Å². The van der Waals surface area contributed by atoms with Crippen LogP contribution in [0.25, 0.3) is 0 Å². The molecule has 0 heterocycles. The number of carbonyl (C=O) groups is 1. The van der Waals surface area contributed by atoms with Crippen molar-refractivity contribution in [2.45, 2.75) is 123 Å². The molecule has 3 atom stereocenters. The predicted molar refractivity (Wildman–Crippen MR) is 109 cm³/mol. The van der Waals surface area contributed by atoms with Crippen LogP contribution in [0.15, 0.2) is 0 Å². The molecule has 0 unspecified atom stereocenters. The van der Waals surface area contributed by atoms with E-state index in [2.05, 4.69) is 53.0 Å². The Morgan fingerprint density at radius 3 is 2.12 bits per heavy atom. The Morgan fingerprint density at radius 2 is 1.65 bits per heavy atom. The second-order valence-electron chi connectivity index (χ2n) is 10.3. The van der Waals surface area contributed by atoms with Crippen molar-refractivity contribution in [2.75, 3.05) is 0 Å². The van der Waals surface area contributed by atoms with Gasteiger partial charge in [-0.1, -0.05) is 20.8 Å². The van der Waals surface area contributed by atoms with Crippen LogP contribution in [0, 0.1) is 0 Å². The smallest absolute Gasteiger partial charge is 0.407 e. The topological polar surface area (TPSA) is 56.8 Å². The molecular weight excluding hydrogens is 346 g/mol. The average Bonchev–Trinajstić information content (AvgIpc) is 2.37. The molecule has 0 aromatic carbocycles. The molecule has 1 N–H and O–H groups in total. The van der Waals surface area contributed by atoms with E-state index in [-0.39, 0.29) is 35.5 Å². The zero-order chi connectivity index (χ0) is 20.3. The molecule has 154 valence electrons. The summed E-state index contributed by atoms with van der Waals surface area (Å²) in [5, 5.41) is 3.17. The van der Waals surface area contributed by atoms with Crippen molar-refractivity contribution in [3.8, 4) is 0 Å². The molecule has 1 aliphatic carbocycles. The summed E-state index contributed by atoms with van der Waals surface area (Å²) in [5.74, 6) is 0. The van der Waals surface area contributed by atoms with E-state index in [4.69, 9.17) is 13.9 Å². The number of carbonyl (C=O) groups excluding carboxylic acids is 1. The second-order valence-corrected chi connectivity index (χ2v) is 15.0. The van der Waals surface area contributed by atoms with Gasteiger partial charge in [-0.25, -0.2) is 4.79 Å². The molecule has 1 rings (SSSR count). The molecule has 0 radical (unpaired) electrons. The van der Waals surface area contributed by atoms with E-state index in [0.29, 0.717) is 0 Å². The van der Waals surface area contributed by atoms with Crippen LogP contribution in [0.4, 0.5) is 4.79 Å². The number of hydrogen-bond acceptors (Lipinski definition) is 4. The average molecular weight is 388 g/mol. The summed E-state index contributed by atoms with van der Waals surface area (Å²) in [6, 6.07) is -0.0361. The van der Waals surface area contributed by atoms with Crippen molar-refractivity contribution < 1.29 is 18.7 Å². The summed E-state index contributed by atoms with van der Waals surface area (Å²) in [4.78, 5) is 12.3. The number of ether oxygens (including phenoxy) is 2. The van der Waals surface area contributed by atoms with E-state index >= 15 is 0 Å². The molecule has 1 aliphatic rings. The Kier molecular flexibility index (Phi) is 7.77. The van der Waals surface area contributed by atoms with Crippen LogP contribution in [-0.2, 0) is 13.9 Å². The molecule has 0 aromatic heterocycles. The van der Waals surface area contributed by atoms with Gasteiger partial charge in [0.1, 0.15) is 5.60 Å². The highest BCUT2D eigenvalue weighted by molar-refractivity contribution is 6.74. The van der Waals surface area contributed by atoms with Crippen LogP contribution in [0.2, 0.25) is 18.1 Å². The standard InChI is InChI=1S/C20H41NO4Si/c1-14(2)23-15-11-12-16(21-18(22)24-19(3,4)5)17(13-15)25-26(9,10)20(6,7)8/h14-17H,11-13H2,1-10H3,(H,21,22)/t15-,16-,17-/m0/s1. The normalized spacial score (nSPS) is 25.3. The van der Waals surface area contributed by atoms with Gasteiger partial charge in [-0.05, 0) is 65.6 Å². The highest BCUT2D eigenvalue weighted by atomic mass is 28.4. The number of alkyl carbamates (subject to hydrolysis) is 1. The zero-order valence-corrected chi connectivity index (χ0v) is 19.6. The summed E-state index contributed by atoms with van der Waals surface area (Å²) in [6.45, 7) is 21.0. The van der Waals surface area contributed by atoms with Crippen molar-refractivity contribution >= 4 is 14.4 Å². The van der Waals surface area contributed by atoms with Crippen molar-refractivity contribution in [2.24, 2.45) is 0 Å². The molecular formula is C20H41NO4Si. The Morgan fingerprint density at radius 1 is 1.08 bits per heavy atom. The molecule has 0 aromatic rings. The highest BCUT2D eigenvalue weighted by Gasteiger charge is 2.43. The van der Waals surface area contributed by atoms with E-state index in [1.165, 1.54) is 0 Å². The minimum Gasteiger partial charge on any atom is -0.444 e. The number of amides is 1. The van der Waals surface area contributed by atoms with Gasteiger partial charge in [0.2, 0.25) is 0 Å². The van der Waals surface area contributed by atoms with Gasteiger partial charge >= 0.3 is 6.09 Å². The molecule has 1 saturated carbocycles. The molecule has 6 heteroatoms. The molecule has 1 amide bonds. The maximum Gasteiger partial charge on any atom is 0.407 e. The first-order valence-electron chi connectivity index (χ1n) is 9.93. The third kappa shape index (κ3) is 7.57. The quantitative estimate of drug-likeness (QED) is 0.655. The minimum atomic E-state index is -1.95. The maximum atomic E-state index is 12.3. The van der Waals surface area contributed by atoms with Gasteiger partial charge in [0, 0.05) is 6.42 Å². The monoisotopic (exact) mass is 387 g/mol. The van der Waals surface area contributed by atoms with E-state index in [1.807, 2.05) is 20.8 Å². The predicted octanol–water partition coefficient (Wildman–Crippen LogP) is 5.25. The van der Waals surface area contributed by atoms with Gasteiger partial charge in [0.25, 0.3) is 0 Å². The Hall–Kier alpha value is -0.593. The number of hydrogen-bond donors (Lipinski definition) is 1. The first kappa shape index (κ1) is 23.4. The first-order valence-corrected chi connectivity index (χ1v) is 12.8. The number of rotatable bonds is 5. The summed E-state index contributed by atoms with van der Waals surface area (Å²) < 4.78 is 18.2. The van der Waals surface area contributed by atoms with Gasteiger partial charge in [-0.2, -0.15) is 0 Å². The molecule has 0 aliphatic heterocycles. The lowest BCUT2D eigenvalue weighted by Crippen LogP contribution is -2.55. The van der Waals surface area contributed by atoms with Gasteiger partial charge < -0.3 is 19.2 Å². The SMILES string of the molecule is CC(C)O[C@H]1CC[C@H](NC(=O)OC(C)(C)C)[C@@H](O[Si](C)(C)C(C)(C)C)C1. The lowest BCUT2D eigenvalue weighted by molar-refractivity contribution is -0.0508. The molecule has 5 nitrogen and oxygen atoms in total. The molecule has 0 bridgehead atoms. The van der Waals surface area contributed by atoms with E-state index < -0.39 is 13.9 Å². The molecule has 1 fully saturated rings. The van der Waals surface area contributed by atoms with E-state index in [9.17, 15) is 4.79 Å². The molecule has 0 saturated heterocycles. The third-order valence-electron chi connectivity index (χ3n) is 5.16. The zero-order valence-electron chi connectivity index (χ0n) is 18.6.